The van der Waals surface area contributed by atoms with Gasteiger partial charge in [0.2, 0.25) is 5.91 Å². The lowest BCUT2D eigenvalue weighted by Gasteiger charge is -2.15. The van der Waals surface area contributed by atoms with Gasteiger partial charge in [-0.25, -0.2) is 0 Å². The summed E-state index contributed by atoms with van der Waals surface area (Å²) in [7, 11) is 3.40. The number of aromatic nitrogens is 3. The molecule has 0 saturated carbocycles. The Bertz CT molecular complexity index is 897. The van der Waals surface area contributed by atoms with Crippen LogP contribution in [0.4, 0.5) is 0 Å². The van der Waals surface area contributed by atoms with Gasteiger partial charge < -0.3 is 14.1 Å². The summed E-state index contributed by atoms with van der Waals surface area (Å²) in [6, 6.07) is 11.1. The highest BCUT2D eigenvalue weighted by molar-refractivity contribution is 7.99. The first kappa shape index (κ1) is 20.4. The van der Waals surface area contributed by atoms with E-state index < -0.39 is 0 Å². The minimum Gasteiger partial charge on any atom is -0.467 e. The first-order valence-corrected chi connectivity index (χ1v) is 10.0. The average Bonchev–Trinajstić information content (AvgIpc) is 3.34. The predicted octanol–water partition coefficient (Wildman–Crippen LogP) is 3.59. The summed E-state index contributed by atoms with van der Waals surface area (Å²) in [6.45, 7) is 1.53. The number of methoxy groups -OCH3 is 1. The van der Waals surface area contributed by atoms with Gasteiger partial charge in [-0.3, -0.25) is 9.36 Å². The predicted molar refractivity (Wildman–Crippen MR) is 108 cm³/mol. The van der Waals surface area contributed by atoms with E-state index in [4.69, 9.17) is 20.8 Å². The van der Waals surface area contributed by atoms with Crippen molar-refractivity contribution in [1.29, 1.82) is 0 Å². The highest BCUT2D eigenvalue weighted by atomic mass is 35.5. The molecule has 0 atom stereocenters. The SMILES string of the molecule is COCCn1c(SCC(=O)N(C)Cc2ccco2)nnc1-c1ccc(Cl)cc1. The quantitative estimate of drug-likeness (QED) is 0.492. The minimum absolute atomic E-state index is 0.0178. The third-order valence-electron chi connectivity index (χ3n) is 4.06. The summed E-state index contributed by atoms with van der Waals surface area (Å²) < 4.78 is 12.5. The molecule has 148 valence electrons. The van der Waals surface area contributed by atoms with Gasteiger partial charge in [0.25, 0.3) is 0 Å². The van der Waals surface area contributed by atoms with E-state index in [9.17, 15) is 4.79 Å². The van der Waals surface area contributed by atoms with Crippen molar-refractivity contribution in [2.24, 2.45) is 0 Å². The third-order valence-corrected chi connectivity index (χ3v) is 5.27. The van der Waals surface area contributed by atoms with Crippen LogP contribution in [-0.4, -0.2) is 52.1 Å². The molecular formula is C19H21ClN4O3S. The standard InChI is InChI=1S/C19H21ClN4O3S/c1-23(12-16-4-3-10-27-16)17(25)13-28-19-22-21-18(24(19)9-11-26-2)14-5-7-15(20)8-6-14/h3-8,10H,9,11-13H2,1-2H3. The molecule has 1 aromatic carbocycles. The van der Waals surface area contributed by atoms with Crippen LogP contribution in [0.25, 0.3) is 11.4 Å². The van der Waals surface area contributed by atoms with Gasteiger partial charge in [-0.05, 0) is 36.4 Å². The van der Waals surface area contributed by atoms with Crippen molar-refractivity contribution in [1.82, 2.24) is 19.7 Å². The number of hydrogen-bond donors (Lipinski definition) is 0. The molecule has 2 aromatic heterocycles. The van der Waals surface area contributed by atoms with Crippen LogP contribution in [0.1, 0.15) is 5.76 Å². The minimum atomic E-state index is -0.0178. The first-order valence-electron chi connectivity index (χ1n) is 8.65. The van der Waals surface area contributed by atoms with Crippen LogP contribution in [0, 0.1) is 0 Å². The van der Waals surface area contributed by atoms with Crippen LogP contribution in [0.15, 0.2) is 52.2 Å². The molecular weight excluding hydrogens is 400 g/mol. The lowest BCUT2D eigenvalue weighted by atomic mass is 10.2. The van der Waals surface area contributed by atoms with Crippen molar-refractivity contribution in [2.45, 2.75) is 18.2 Å². The summed E-state index contributed by atoms with van der Waals surface area (Å²) >= 11 is 7.33. The van der Waals surface area contributed by atoms with E-state index in [1.165, 1.54) is 11.8 Å². The third kappa shape index (κ3) is 5.15. The Balaban J connectivity index is 1.70. The molecule has 9 heteroatoms. The Morgan fingerprint density at radius 1 is 1.29 bits per heavy atom. The number of carbonyl (C=O) groups is 1. The van der Waals surface area contributed by atoms with E-state index in [1.54, 1.807) is 31.4 Å². The van der Waals surface area contributed by atoms with Gasteiger partial charge in [0, 0.05) is 24.7 Å². The second-order valence-electron chi connectivity index (χ2n) is 6.08. The first-order chi connectivity index (χ1) is 13.6. The van der Waals surface area contributed by atoms with E-state index in [0.717, 1.165) is 11.3 Å². The summed E-state index contributed by atoms with van der Waals surface area (Å²) in [4.78, 5) is 14.1. The van der Waals surface area contributed by atoms with Crippen molar-refractivity contribution in [3.05, 3.63) is 53.4 Å². The van der Waals surface area contributed by atoms with Crippen molar-refractivity contribution in [3.63, 3.8) is 0 Å². The van der Waals surface area contributed by atoms with Crippen LogP contribution >= 0.6 is 23.4 Å². The van der Waals surface area contributed by atoms with Gasteiger partial charge in [-0.15, -0.1) is 10.2 Å². The van der Waals surface area contributed by atoms with Gasteiger partial charge in [0.15, 0.2) is 11.0 Å². The van der Waals surface area contributed by atoms with Crippen molar-refractivity contribution in [2.75, 3.05) is 26.5 Å². The van der Waals surface area contributed by atoms with Gasteiger partial charge in [0.05, 0.1) is 31.7 Å². The van der Waals surface area contributed by atoms with E-state index >= 15 is 0 Å². The van der Waals surface area contributed by atoms with Gasteiger partial charge in [-0.1, -0.05) is 23.4 Å². The zero-order chi connectivity index (χ0) is 19.9. The Morgan fingerprint density at radius 3 is 2.75 bits per heavy atom. The lowest BCUT2D eigenvalue weighted by Crippen LogP contribution is -2.27. The smallest absolute Gasteiger partial charge is 0.233 e. The molecule has 0 aliphatic carbocycles. The Morgan fingerprint density at radius 2 is 2.07 bits per heavy atom. The fourth-order valence-electron chi connectivity index (χ4n) is 2.55. The normalized spacial score (nSPS) is 11.0. The number of ether oxygens (including phenoxy) is 1. The van der Waals surface area contributed by atoms with Crippen molar-refractivity contribution in [3.8, 4) is 11.4 Å². The monoisotopic (exact) mass is 420 g/mol. The summed E-state index contributed by atoms with van der Waals surface area (Å²) in [5.41, 5.74) is 0.904. The van der Waals surface area contributed by atoms with Crippen molar-refractivity contribution < 1.29 is 13.9 Å². The number of amides is 1. The molecule has 0 saturated heterocycles. The summed E-state index contributed by atoms with van der Waals surface area (Å²) in [6.07, 6.45) is 1.60. The highest BCUT2D eigenvalue weighted by Gasteiger charge is 2.17. The summed E-state index contributed by atoms with van der Waals surface area (Å²) in [5, 5.41) is 9.91. The largest absolute Gasteiger partial charge is 0.467 e. The number of hydrogen-bond acceptors (Lipinski definition) is 6. The maximum Gasteiger partial charge on any atom is 0.233 e. The molecule has 3 aromatic rings. The molecule has 7 nitrogen and oxygen atoms in total. The van der Waals surface area contributed by atoms with Gasteiger partial charge >= 0.3 is 0 Å². The van der Waals surface area contributed by atoms with Crippen LogP contribution in [-0.2, 0) is 22.6 Å². The van der Waals surface area contributed by atoms with Crippen LogP contribution in [0.3, 0.4) is 0 Å². The summed E-state index contributed by atoms with van der Waals surface area (Å²) in [5.74, 6) is 1.70. The Labute approximate surface area is 172 Å². The van der Waals surface area contributed by atoms with Gasteiger partial charge in [0.1, 0.15) is 5.76 Å². The topological polar surface area (TPSA) is 73.4 Å². The second kappa shape index (κ2) is 9.77. The Hall–Kier alpha value is -2.29. The van der Waals surface area contributed by atoms with Gasteiger partial charge in [-0.2, -0.15) is 0 Å². The van der Waals surface area contributed by atoms with E-state index in [2.05, 4.69) is 10.2 Å². The van der Waals surface area contributed by atoms with Crippen LogP contribution in [0.2, 0.25) is 5.02 Å². The number of furan rings is 1. The lowest BCUT2D eigenvalue weighted by molar-refractivity contribution is -0.127. The van der Waals surface area contributed by atoms with E-state index in [0.29, 0.717) is 35.7 Å². The molecule has 0 aliphatic heterocycles. The maximum atomic E-state index is 12.4. The molecule has 0 bridgehead atoms. The number of nitrogens with zero attached hydrogens (tertiary/aromatic N) is 4. The van der Waals surface area contributed by atoms with Crippen LogP contribution < -0.4 is 0 Å². The zero-order valence-electron chi connectivity index (χ0n) is 15.7. The molecule has 0 N–H and O–H groups in total. The van der Waals surface area contributed by atoms with Crippen LogP contribution in [0.5, 0.6) is 0 Å². The number of thioether (sulfide) groups is 1. The molecule has 0 unspecified atom stereocenters. The average molecular weight is 421 g/mol. The molecule has 0 aliphatic rings. The number of benzene rings is 1. The number of halogens is 1. The molecule has 3 rings (SSSR count). The number of rotatable bonds is 9. The molecule has 1 amide bonds. The van der Waals surface area contributed by atoms with Crippen molar-refractivity contribution >= 4 is 29.3 Å². The molecule has 28 heavy (non-hydrogen) atoms. The molecule has 0 spiro atoms. The fourth-order valence-corrected chi connectivity index (χ4v) is 3.58. The molecule has 0 fully saturated rings. The van der Waals surface area contributed by atoms with E-state index in [-0.39, 0.29) is 11.7 Å². The molecule has 2 heterocycles. The second-order valence-corrected chi connectivity index (χ2v) is 7.45. The number of carbonyl (C=O) groups excluding carboxylic acids is 1. The zero-order valence-corrected chi connectivity index (χ0v) is 17.2. The highest BCUT2D eigenvalue weighted by Crippen LogP contribution is 2.25. The maximum absolute atomic E-state index is 12.4. The van der Waals surface area contributed by atoms with E-state index in [1.807, 2.05) is 34.9 Å². The molecule has 0 radical (unpaired) electrons. The fraction of sp³-hybridized carbons (Fsp3) is 0.316. The Kier molecular flexibility index (Phi) is 7.13.